The van der Waals surface area contributed by atoms with Crippen molar-refractivity contribution in [1.82, 2.24) is 4.90 Å². The van der Waals surface area contributed by atoms with Gasteiger partial charge in [0.1, 0.15) is 5.82 Å². The molecule has 0 aliphatic carbocycles. The fourth-order valence-electron chi connectivity index (χ4n) is 1.88. The quantitative estimate of drug-likeness (QED) is 0.759. The number of carbonyl (C=O) groups excluding carboxylic acids is 1. The zero-order chi connectivity index (χ0) is 12.4. The van der Waals surface area contributed by atoms with Gasteiger partial charge in [-0.05, 0) is 30.7 Å². The van der Waals surface area contributed by atoms with Crippen molar-refractivity contribution in [3.8, 4) is 0 Å². The molecule has 17 heavy (non-hydrogen) atoms. The van der Waals surface area contributed by atoms with Gasteiger partial charge in [-0.25, -0.2) is 4.39 Å². The number of amides is 1. The van der Waals surface area contributed by atoms with Crippen LogP contribution in [0, 0.1) is 12.7 Å². The summed E-state index contributed by atoms with van der Waals surface area (Å²) >= 11 is 0. The van der Waals surface area contributed by atoms with Crippen LogP contribution >= 0.6 is 0 Å². The van der Waals surface area contributed by atoms with E-state index in [1.54, 1.807) is 11.8 Å². The van der Waals surface area contributed by atoms with E-state index in [9.17, 15) is 13.4 Å². The van der Waals surface area contributed by atoms with E-state index in [2.05, 4.69) is 0 Å². The van der Waals surface area contributed by atoms with Crippen LogP contribution in [-0.2, 0) is 10.8 Å². The summed E-state index contributed by atoms with van der Waals surface area (Å²) in [6, 6.07) is 4.16. The molecule has 5 heteroatoms. The summed E-state index contributed by atoms with van der Waals surface area (Å²) in [5.41, 5.74) is 1.17. The molecule has 1 aromatic carbocycles. The molecule has 0 unspecified atom stereocenters. The number of hydrogen-bond donors (Lipinski definition) is 0. The van der Waals surface area contributed by atoms with Crippen molar-refractivity contribution in [2.24, 2.45) is 0 Å². The summed E-state index contributed by atoms with van der Waals surface area (Å²) in [7, 11) is -0.797. The van der Waals surface area contributed by atoms with Crippen molar-refractivity contribution >= 4 is 16.7 Å². The average molecular weight is 255 g/mol. The molecule has 1 aromatic rings. The van der Waals surface area contributed by atoms with Crippen LogP contribution in [-0.4, -0.2) is 39.6 Å². The third-order valence-corrected chi connectivity index (χ3v) is 4.16. The number of carbonyl (C=O) groups is 1. The van der Waals surface area contributed by atoms with E-state index in [0.29, 0.717) is 35.7 Å². The largest absolute Gasteiger partial charge is 0.337 e. The normalized spacial score (nSPS) is 17.2. The van der Waals surface area contributed by atoms with Gasteiger partial charge in [-0.3, -0.25) is 9.00 Å². The van der Waals surface area contributed by atoms with Crippen molar-refractivity contribution in [3.05, 3.63) is 35.1 Å². The maximum absolute atomic E-state index is 12.9. The van der Waals surface area contributed by atoms with E-state index in [-0.39, 0.29) is 11.7 Å². The highest BCUT2D eigenvalue weighted by molar-refractivity contribution is 7.85. The van der Waals surface area contributed by atoms with Crippen LogP contribution in [0.3, 0.4) is 0 Å². The average Bonchev–Trinajstić information content (AvgIpc) is 2.29. The molecule has 1 fully saturated rings. The standard InChI is InChI=1S/C12H14FNO2S/c1-9-8-10(13)2-3-11(9)12(15)14-4-6-17(16)7-5-14/h2-3,8H,4-7H2,1H3. The molecule has 0 atom stereocenters. The molecule has 1 heterocycles. The first kappa shape index (κ1) is 12.2. The molecule has 1 aliphatic heterocycles. The molecule has 3 nitrogen and oxygen atoms in total. The van der Waals surface area contributed by atoms with Crippen molar-refractivity contribution in [2.45, 2.75) is 6.92 Å². The van der Waals surface area contributed by atoms with Gasteiger partial charge in [0.2, 0.25) is 0 Å². The Labute approximate surface area is 102 Å². The maximum Gasteiger partial charge on any atom is 0.254 e. The Morgan fingerprint density at radius 3 is 2.59 bits per heavy atom. The molecule has 0 aromatic heterocycles. The highest BCUT2D eigenvalue weighted by Gasteiger charge is 2.22. The van der Waals surface area contributed by atoms with Gasteiger partial charge in [0.25, 0.3) is 5.91 Å². The van der Waals surface area contributed by atoms with Crippen LogP contribution in [0.15, 0.2) is 18.2 Å². The number of rotatable bonds is 1. The predicted octanol–water partition coefficient (Wildman–Crippen LogP) is 1.34. The van der Waals surface area contributed by atoms with E-state index >= 15 is 0 Å². The van der Waals surface area contributed by atoms with E-state index < -0.39 is 10.8 Å². The predicted molar refractivity (Wildman–Crippen MR) is 64.9 cm³/mol. The minimum Gasteiger partial charge on any atom is -0.337 e. The SMILES string of the molecule is Cc1cc(F)ccc1C(=O)N1CCS(=O)CC1. The molecule has 0 N–H and O–H groups in total. The van der Waals surface area contributed by atoms with E-state index in [0.717, 1.165) is 0 Å². The molecule has 1 amide bonds. The first-order valence-corrected chi connectivity index (χ1v) is 6.97. The topological polar surface area (TPSA) is 37.4 Å². The van der Waals surface area contributed by atoms with Crippen LogP contribution in [0.2, 0.25) is 0 Å². The van der Waals surface area contributed by atoms with E-state index in [1.165, 1.54) is 18.2 Å². The Balaban J connectivity index is 2.16. The Bertz CT molecular complexity index is 466. The minimum atomic E-state index is -0.797. The number of aryl methyl sites for hydroxylation is 1. The molecule has 0 saturated carbocycles. The molecule has 0 spiro atoms. The summed E-state index contributed by atoms with van der Waals surface area (Å²) in [5.74, 6) is 0.635. The Morgan fingerprint density at radius 2 is 2.00 bits per heavy atom. The summed E-state index contributed by atoms with van der Waals surface area (Å²) in [5, 5.41) is 0. The third-order valence-electron chi connectivity index (χ3n) is 2.88. The molecule has 0 bridgehead atoms. The lowest BCUT2D eigenvalue weighted by Gasteiger charge is -2.26. The third kappa shape index (κ3) is 2.72. The molecule has 92 valence electrons. The minimum absolute atomic E-state index is 0.0980. The summed E-state index contributed by atoms with van der Waals surface area (Å²) in [6.45, 7) is 2.75. The van der Waals surface area contributed by atoms with Gasteiger partial charge < -0.3 is 4.90 Å². The number of halogens is 1. The van der Waals surface area contributed by atoms with Gasteiger partial charge in [-0.1, -0.05) is 0 Å². The fraction of sp³-hybridized carbons (Fsp3) is 0.417. The zero-order valence-corrected chi connectivity index (χ0v) is 10.4. The second-order valence-corrected chi connectivity index (χ2v) is 5.80. The Morgan fingerprint density at radius 1 is 1.35 bits per heavy atom. The van der Waals surface area contributed by atoms with E-state index in [1.807, 2.05) is 0 Å². The first-order valence-electron chi connectivity index (χ1n) is 5.48. The molecule has 0 radical (unpaired) electrons. The van der Waals surface area contributed by atoms with Gasteiger partial charge in [0.05, 0.1) is 0 Å². The van der Waals surface area contributed by atoms with Crippen molar-refractivity contribution in [3.63, 3.8) is 0 Å². The second kappa shape index (κ2) is 4.96. The van der Waals surface area contributed by atoms with Crippen LogP contribution in [0.25, 0.3) is 0 Å². The monoisotopic (exact) mass is 255 g/mol. The first-order chi connectivity index (χ1) is 8.08. The number of hydrogen-bond acceptors (Lipinski definition) is 2. The molecule has 1 aliphatic rings. The van der Waals surface area contributed by atoms with Gasteiger partial charge in [0, 0.05) is 41.0 Å². The number of benzene rings is 1. The fourth-order valence-corrected chi connectivity index (χ4v) is 2.93. The summed E-state index contributed by atoms with van der Waals surface area (Å²) in [4.78, 5) is 13.8. The summed E-state index contributed by atoms with van der Waals surface area (Å²) < 4.78 is 24.1. The molecule has 1 saturated heterocycles. The van der Waals surface area contributed by atoms with Crippen LogP contribution in [0.4, 0.5) is 4.39 Å². The lowest BCUT2D eigenvalue weighted by Crippen LogP contribution is -2.42. The highest BCUT2D eigenvalue weighted by Crippen LogP contribution is 2.14. The smallest absolute Gasteiger partial charge is 0.254 e. The molecular weight excluding hydrogens is 241 g/mol. The van der Waals surface area contributed by atoms with Crippen LogP contribution in [0.5, 0.6) is 0 Å². The lowest BCUT2D eigenvalue weighted by atomic mass is 10.1. The second-order valence-electron chi connectivity index (χ2n) is 4.10. The van der Waals surface area contributed by atoms with Gasteiger partial charge >= 0.3 is 0 Å². The van der Waals surface area contributed by atoms with Gasteiger partial charge in [0.15, 0.2) is 0 Å². The number of nitrogens with zero attached hydrogens (tertiary/aromatic N) is 1. The van der Waals surface area contributed by atoms with Crippen molar-refractivity contribution in [1.29, 1.82) is 0 Å². The Kier molecular flexibility index (Phi) is 3.57. The van der Waals surface area contributed by atoms with Crippen molar-refractivity contribution in [2.75, 3.05) is 24.6 Å². The highest BCUT2D eigenvalue weighted by atomic mass is 32.2. The maximum atomic E-state index is 12.9. The van der Waals surface area contributed by atoms with Gasteiger partial charge in [-0.2, -0.15) is 0 Å². The van der Waals surface area contributed by atoms with Crippen molar-refractivity contribution < 1.29 is 13.4 Å². The molecule has 2 rings (SSSR count). The van der Waals surface area contributed by atoms with Gasteiger partial charge in [-0.15, -0.1) is 0 Å². The van der Waals surface area contributed by atoms with Crippen LogP contribution < -0.4 is 0 Å². The molecular formula is C12H14FNO2S. The van der Waals surface area contributed by atoms with Crippen LogP contribution in [0.1, 0.15) is 15.9 Å². The Hall–Kier alpha value is -1.23. The zero-order valence-electron chi connectivity index (χ0n) is 9.61. The summed E-state index contributed by atoms with van der Waals surface area (Å²) in [6.07, 6.45) is 0. The lowest BCUT2D eigenvalue weighted by molar-refractivity contribution is 0.0770. The van der Waals surface area contributed by atoms with E-state index in [4.69, 9.17) is 0 Å².